The largest absolute Gasteiger partial charge is 0.481 e. The monoisotopic (exact) mass is 272 g/mol. The average molecular weight is 272 g/mol. The first-order valence-electron chi connectivity index (χ1n) is 6.44. The Morgan fingerprint density at radius 1 is 1.42 bits per heavy atom. The summed E-state index contributed by atoms with van der Waals surface area (Å²) >= 11 is 0. The van der Waals surface area contributed by atoms with Crippen molar-refractivity contribution in [2.24, 2.45) is 5.41 Å². The summed E-state index contributed by atoms with van der Waals surface area (Å²) in [6, 6.07) is -0.492. The number of carbonyl (C=O) groups excluding carboxylic acids is 1. The number of hydrogen-bond donors (Lipinski definition) is 3. The van der Waals surface area contributed by atoms with E-state index >= 15 is 0 Å². The van der Waals surface area contributed by atoms with Gasteiger partial charge in [-0.05, 0) is 6.92 Å². The molecule has 3 atom stereocenters. The second kappa shape index (κ2) is 5.85. The van der Waals surface area contributed by atoms with Crippen molar-refractivity contribution in [3.63, 3.8) is 0 Å². The summed E-state index contributed by atoms with van der Waals surface area (Å²) in [6.45, 7) is 3.85. The summed E-state index contributed by atoms with van der Waals surface area (Å²) in [5.41, 5.74) is -1.05. The second-order valence-corrected chi connectivity index (χ2v) is 5.29. The lowest BCUT2D eigenvalue weighted by Crippen LogP contribution is -2.51. The Balaban J connectivity index is 1.86. The third-order valence-electron chi connectivity index (χ3n) is 3.71. The standard InChI is InChI=1S/C12H20N2O5/c1-12(11(16)17)7-19-6-9(12)14-10(15)4-8-5-18-3-2-13-8/h8-9,13H,2-7H2,1H3,(H,14,15)(H,16,17). The van der Waals surface area contributed by atoms with E-state index in [4.69, 9.17) is 9.47 Å². The number of rotatable bonds is 4. The van der Waals surface area contributed by atoms with E-state index in [0.29, 0.717) is 13.2 Å². The Kier molecular flexibility index (Phi) is 4.38. The number of carbonyl (C=O) groups is 2. The molecule has 7 nitrogen and oxygen atoms in total. The Hall–Kier alpha value is -1.18. The fourth-order valence-corrected chi connectivity index (χ4v) is 2.31. The highest BCUT2D eigenvalue weighted by molar-refractivity contribution is 5.80. The van der Waals surface area contributed by atoms with Crippen molar-refractivity contribution in [1.29, 1.82) is 0 Å². The van der Waals surface area contributed by atoms with Crippen LogP contribution in [0.15, 0.2) is 0 Å². The van der Waals surface area contributed by atoms with Crippen LogP contribution < -0.4 is 10.6 Å². The van der Waals surface area contributed by atoms with E-state index in [1.807, 2.05) is 0 Å². The first-order chi connectivity index (χ1) is 9.02. The fraction of sp³-hybridized carbons (Fsp3) is 0.833. The maximum atomic E-state index is 11.9. The lowest BCUT2D eigenvalue weighted by atomic mass is 9.85. The quantitative estimate of drug-likeness (QED) is 0.605. The zero-order chi connectivity index (χ0) is 13.9. The molecule has 2 aliphatic heterocycles. The number of aliphatic carboxylic acids is 1. The van der Waals surface area contributed by atoms with Gasteiger partial charge in [0, 0.05) is 19.0 Å². The van der Waals surface area contributed by atoms with Crippen LogP contribution >= 0.6 is 0 Å². The summed E-state index contributed by atoms with van der Waals surface area (Å²) in [5, 5.41) is 15.2. The Bertz CT molecular complexity index is 356. The van der Waals surface area contributed by atoms with Crippen LogP contribution in [0.1, 0.15) is 13.3 Å². The van der Waals surface area contributed by atoms with Gasteiger partial charge in [-0.2, -0.15) is 0 Å². The lowest BCUT2D eigenvalue weighted by Gasteiger charge is -2.27. The molecule has 3 N–H and O–H groups in total. The van der Waals surface area contributed by atoms with E-state index < -0.39 is 17.4 Å². The number of morpholine rings is 1. The molecule has 0 aromatic heterocycles. The highest BCUT2D eigenvalue weighted by Gasteiger charge is 2.47. The SMILES string of the molecule is CC1(C(=O)O)COCC1NC(=O)CC1COCCN1. The Morgan fingerprint density at radius 2 is 2.21 bits per heavy atom. The first-order valence-corrected chi connectivity index (χ1v) is 6.44. The van der Waals surface area contributed by atoms with Gasteiger partial charge in [0.15, 0.2) is 0 Å². The van der Waals surface area contributed by atoms with E-state index in [1.165, 1.54) is 0 Å². The van der Waals surface area contributed by atoms with Gasteiger partial charge in [-0.15, -0.1) is 0 Å². The Labute approximate surface area is 111 Å². The van der Waals surface area contributed by atoms with E-state index in [9.17, 15) is 14.7 Å². The molecule has 0 radical (unpaired) electrons. The van der Waals surface area contributed by atoms with Crippen LogP contribution in [0.2, 0.25) is 0 Å². The van der Waals surface area contributed by atoms with Crippen molar-refractivity contribution in [3.8, 4) is 0 Å². The van der Waals surface area contributed by atoms with E-state index in [1.54, 1.807) is 6.92 Å². The van der Waals surface area contributed by atoms with Crippen LogP contribution in [0.25, 0.3) is 0 Å². The summed E-state index contributed by atoms with van der Waals surface area (Å²) in [5.74, 6) is -1.12. The molecule has 2 aliphatic rings. The highest BCUT2D eigenvalue weighted by Crippen LogP contribution is 2.28. The molecule has 2 saturated heterocycles. The third-order valence-corrected chi connectivity index (χ3v) is 3.71. The molecular weight excluding hydrogens is 252 g/mol. The van der Waals surface area contributed by atoms with Gasteiger partial charge in [0.05, 0.1) is 32.5 Å². The highest BCUT2D eigenvalue weighted by atomic mass is 16.5. The predicted octanol–water partition coefficient (Wildman–Crippen LogP) is -1.03. The molecule has 19 heavy (non-hydrogen) atoms. The maximum Gasteiger partial charge on any atom is 0.313 e. The first kappa shape index (κ1) is 14.2. The summed E-state index contributed by atoms with van der Waals surface area (Å²) in [7, 11) is 0. The minimum absolute atomic E-state index is 0.00726. The molecule has 7 heteroatoms. The number of ether oxygens (including phenoxy) is 2. The van der Waals surface area contributed by atoms with Crippen LogP contribution in [0.3, 0.4) is 0 Å². The molecule has 0 aromatic carbocycles. The van der Waals surface area contributed by atoms with Crippen LogP contribution in [0.4, 0.5) is 0 Å². The van der Waals surface area contributed by atoms with Gasteiger partial charge in [-0.1, -0.05) is 0 Å². The van der Waals surface area contributed by atoms with Crippen LogP contribution in [0.5, 0.6) is 0 Å². The molecule has 0 spiro atoms. The molecule has 0 saturated carbocycles. The summed E-state index contributed by atoms with van der Waals surface area (Å²) in [4.78, 5) is 23.2. The van der Waals surface area contributed by atoms with Gasteiger partial charge in [0.1, 0.15) is 5.41 Å². The summed E-state index contributed by atoms with van der Waals surface area (Å²) < 4.78 is 10.5. The van der Waals surface area contributed by atoms with E-state index in [0.717, 1.165) is 6.54 Å². The molecule has 108 valence electrons. The van der Waals surface area contributed by atoms with Gasteiger partial charge in [0.25, 0.3) is 0 Å². The number of hydrogen-bond acceptors (Lipinski definition) is 5. The minimum Gasteiger partial charge on any atom is -0.481 e. The molecule has 1 amide bonds. The van der Waals surface area contributed by atoms with Crippen LogP contribution in [-0.4, -0.2) is 62.0 Å². The molecule has 2 heterocycles. The van der Waals surface area contributed by atoms with Gasteiger partial charge in [0.2, 0.25) is 5.91 Å². The van der Waals surface area contributed by atoms with Gasteiger partial charge in [-0.3, -0.25) is 9.59 Å². The van der Waals surface area contributed by atoms with E-state index in [-0.39, 0.29) is 31.6 Å². The van der Waals surface area contributed by atoms with E-state index in [2.05, 4.69) is 10.6 Å². The summed E-state index contributed by atoms with van der Waals surface area (Å²) in [6.07, 6.45) is 0.284. The normalized spacial score (nSPS) is 35.0. The lowest BCUT2D eigenvalue weighted by molar-refractivity contribution is -0.149. The zero-order valence-corrected chi connectivity index (χ0v) is 11.0. The number of carboxylic acids is 1. The molecule has 0 bridgehead atoms. The Morgan fingerprint density at radius 3 is 2.84 bits per heavy atom. The van der Waals surface area contributed by atoms with Gasteiger partial charge >= 0.3 is 5.97 Å². The molecule has 2 fully saturated rings. The second-order valence-electron chi connectivity index (χ2n) is 5.29. The topological polar surface area (TPSA) is 96.9 Å². The van der Waals surface area contributed by atoms with Crippen molar-refractivity contribution in [2.45, 2.75) is 25.4 Å². The van der Waals surface area contributed by atoms with Crippen LogP contribution in [-0.2, 0) is 19.1 Å². The zero-order valence-electron chi connectivity index (χ0n) is 11.0. The van der Waals surface area contributed by atoms with Crippen molar-refractivity contribution in [3.05, 3.63) is 0 Å². The molecule has 3 unspecified atom stereocenters. The van der Waals surface area contributed by atoms with Crippen molar-refractivity contribution >= 4 is 11.9 Å². The molecule has 2 rings (SSSR count). The van der Waals surface area contributed by atoms with Crippen molar-refractivity contribution in [2.75, 3.05) is 33.0 Å². The maximum absolute atomic E-state index is 11.9. The smallest absolute Gasteiger partial charge is 0.313 e. The molecule has 0 aromatic rings. The fourth-order valence-electron chi connectivity index (χ4n) is 2.31. The molecule has 0 aliphatic carbocycles. The number of amides is 1. The van der Waals surface area contributed by atoms with Crippen molar-refractivity contribution in [1.82, 2.24) is 10.6 Å². The van der Waals surface area contributed by atoms with Gasteiger partial charge < -0.3 is 25.2 Å². The number of carboxylic acid groups (broad SMARTS) is 1. The van der Waals surface area contributed by atoms with Crippen LogP contribution in [0, 0.1) is 5.41 Å². The van der Waals surface area contributed by atoms with Crippen molar-refractivity contribution < 1.29 is 24.2 Å². The minimum atomic E-state index is -1.05. The predicted molar refractivity (Wildman–Crippen MR) is 65.7 cm³/mol. The molecular formula is C12H20N2O5. The number of nitrogens with one attached hydrogen (secondary N) is 2. The van der Waals surface area contributed by atoms with Gasteiger partial charge in [-0.25, -0.2) is 0 Å². The third kappa shape index (κ3) is 3.23. The average Bonchev–Trinajstić information content (AvgIpc) is 2.73.